The maximum atomic E-state index is 4.31. The molecule has 0 spiro atoms. The average Bonchev–Trinajstić information content (AvgIpc) is 2.42. The molecule has 0 saturated heterocycles. The minimum atomic E-state index is 0. The predicted molar refractivity (Wildman–Crippen MR) is 105 cm³/mol. The van der Waals surface area contributed by atoms with Gasteiger partial charge in [0, 0.05) is 45.0 Å². The van der Waals surface area contributed by atoms with Crippen LogP contribution in [0.15, 0.2) is 29.4 Å². The highest BCUT2D eigenvalue weighted by atomic mass is 127. The molecule has 5 nitrogen and oxygen atoms in total. The second-order valence-electron chi connectivity index (χ2n) is 6.33. The molecule has 1 heterocycles. The van der Waals surface area contributed by atoms with E-state index in [1.54, 1.807) is 7.05 Å². The minimum Gasteiger partial charge on any atom is -0.356 e. The van der Waals surface area contributed by atoms with E-state index >= 15 is 0 Å². The van der Waals surface area contributed by atoms with Gasteiger partial charge in [0.15, 0.2) is 5.96 Å². The number of aromatic nitrogens is 1. The second-order valence-corrected chi connectivity index (χ2v) is 6.33. The van der Waals surface area contributed by atoms with Gasteiger partial charge in [-0.2, -0.15) is 0 Å². The van der Waals surface area contributed by atoms with Gasteiger partial charge in [0.2, 0.25) is 0 Å². The molecule has 0 amide bonds. The molecule has 1 aromatic rings. The van der Waals surface area contributed by atoms with Crippen LogP contribution in [0.2, 0.25) is 0 Å². The first-order chi connectivity index (χ1) is 9.93. The molecule has 22 heavy (non-hydrogen) atoms. The molecule has 0 fully saturated rings. The van der Waals surface area contributed by atoms with E-state index in [1.807, 2.05) is 24.4 Å². The Morgan fingerprint density at radius 2 is 2.00 bits per heavy atom. The molecule has 6 heteroatoms. The molecule has 0 atom stereocenters. The highest BCUT2D eigenvalue weighted by Crippen LogP contribution is 2.13. The first-order valence-electron chi connectivity index (χ1n) is 7.42. The fraction of sp³-hybridized carbons (Fsp3) is 0.625. The zero-order valence-electron chi connectivity index (χ0n) is 14.4. The summed E-state index contributed by atoms with van der Waals surface area (Å²) in [5.74, 6) is 0.845. The first-order valence-corrected chi connectivity index (χ1v) is 7.42. The van der Waals surface area contributed by atoms with Crippen molar-refractivity contribution in [1.29, 1.82) is 0 Å². The van der Waals surface area contributed by atoms with E-state index in [4.69, 9.17) is 0 Å². The molecule has 0 unspecified atom stereocenters. The van der Waals surface area contributed by atoms with Gasteiger partial charge in [-0.25, -0.2) is 0 Å². The van der Waals surface area contributed by atoms with Crippen molar-refractivity contribution in [3.63, 3.8) is 0 Å². The molecule has 0 aliphatic rings. The third kappa shape index (κ3) is 9.19. The van der Waals surface area contributed by atoms with Crippen LogP contribution in [-0.4, -0.2) is 56.6 Å². The zero-order chi connectivity index (χ0) is 15.7. The van der Waals surface area contributed by atoms with E-state index in [1.165, 1.54) is 0 Å². The van der Waals surface area contributed by atoms with Crippen molar-refractivity contribution in [3.05, 3.63) is 30.1 Å². The van der Waals surface area contributed by atoms with E-state index < -0.39 is 0 Å². The first kappa shape index (κ1) is 21.1. The molecule has 0 radical (unpaired) electrons. The highest BCUT2D eigenvalue weighted by molar-refractivity contribution is 14.0. The number of nitrogens with one attached hydrogen (secondary N) is 2. The maximum Gasteiger partial charge on any atom is 0.191 e. The van der Waals surface area contributed by atoms with Crippen LogP contribution in [0.1, 0.15) is 19.5 Å². The Hall–Kier alpha value is -0.890. The fourth-order valence-electron chi connectivity index (χ4n) is 2.31. The maximum absolute atomic E-state index is 4.31. The van der Waals surface area contributed by atoms with Gasteiger partial charge in [-0.05, 0) is 31.6 Å². The molecule has 0 aliphatic carbocycles. The number of rotatable bonds is 7. The van der Waals surface area contributed by atoms with Crippen molar-refractivity contribution < 1.29 is 0 Å². The van der Waals surface area contributed by atoms with Crippen LogP contribution in [0.5, 0.6) is 0 Å². The van der Waals surface area contributed by atoms with E-state index in [0.717, 1.165) is 37.7 Å². The van der Waals surface area contributed by atoms with Crippen molar-refractivity contribution >= 4 is 29.9 Å². The topological polar surface area (TPSA) is 52.6 Å². The Labute approximate surface area is 152 Å². The summed E-state index contributed by atoms with van der Waals surface area (Å²) in [7, 11) is 6.00. The lowest BCUT2D eigenvalue weighted by Gasteiger charge is -2.29. The molecule has 1 rings (SSSR count). The van der Waals surface area contributed by atoms with Gasteiger partial charge in [0.05, 0.1) is 0 Å². The Morgan fingerprint density at radius 3 is 2.55 bits per heavy atom. The van der Waals surface area contributed by atoms with Crippen LogP contribution in [-0.2, 0) is 6.42 Å². The quantitative estimate of drug-likeness (QED) is 0.403. The monoisotopic (exact) mass is 419 g/mol. The lowest BCUT2D eigenvalue weighted by molar-refractivity contribution is 0.241. The Bertz CT molecular complexity index is 431. The number of hydrogen-bond donors (Lipinski definition) is 2. The summed E-state index contributed by atoms with van der Waals surface area (Å²) in [6.07, 6.45) is 2.72. The molecule has 1 aromatic heterocycles. The SMILES string of the molecule is CN=C(NCCc1ccccn1)NCC(C)(C)CN(C)C.I. The predicted octanol–water partition coefficient (Wildman–Crippen LogP) is 1.99. The zero-order valence-corrected chi connectivity index (χ0v) is 16.7. The molecule has 0 saturated carbocycles. The van der Waals surface area contributed by atoms with Crippen molar-refractivity contribution in [2.24, 2.45) is 10.4 Å². The van der Waals surface area contributed by atoms with Gasteiger partial charge in [-0.15, -0.1) is 24.0 Å². The molecular formula is C16H30IN5. The number of nitrogens with zero attached hydrogens (tertiary/aromatic N) is 3. The van der Waals surface area contributed by atoms with Crippen molar-refractivity contribution in [2.75, 3.05) is 40.8 Å². The summed E-state index contributed by atoms with van der Waals surface area (Å²) in [6, 6.07) is 5.99. The lowest BCUT2D eigenvalue weighted by atomic mass is 9.93. The van der Waals surface area contributed by atoms with Gasteiger partial charge in [0.25, 0.3) is 0 Å². The van der Waals surface area contributed by atoms with Crippen LogP contribution in [0.4, 0.5) is 0 Å². The van der Waals surface area contributed by atoms with Gasteiger partial charge < -0.3 is 15.5 Å². The molecule has 2 N–H and O–H groups in total. The van der Waals surface area contributed by atoms with E-state index in [9.17, 15) is 0 Å². The smallest absolute Gasteiger partial charge is 0.191 e. The van der Waals surface area contributed by atoms with E-state index in [0.29, 0.717) is 0 Å². The van der Waals surface area contributed by atoms with Crippen LogP contribution in [0.25, 0.3) is 0 Å². The summed E-state index contributed by atoms with van der Waals surface area (Å²) in [6.45, 7) is 7.24. The van der Waals surface area contributed by atoms with Crippen molar-refractivity contribution in [2.45, 2.75) is 20.3 Å². The summed E-state index contributed by atoms with van der Waals surface area (Å²) < 4.78 is 0. The number of pyridine rings is 1. The lowest BCUT2D eigenvalue weighted by Crippen LogP contribution is -2.45. The third-order valence-electron chi connectivity index (χ3n) is 3.10. The van der Waals surface area contributed by atoms with Crippen LogP contribution < -0.4 is 10.6 Å². The summed E-state index contributed by atoms with van der Waals surface area (Å²) in [4.78, 5) is 10.8. The molecule has 0 bridgehead atoms. The fourth-order valence-corrected chi connectivity index (χ4v) is 2.31. The standard InChI is InChI=1S/C16H29N5.HI/c1-16(2,13-21(4)5)12-20-15(17-3)19-11-9-14-8-6-7-10-18-14;/h6-8,10H,9,11-13H2,1-5H3,(H2,17,19,20);1H. The molecule has 0 aliphatic heterocycles. The largest absolute Gasteiger partial charge is 0.356 e. The van der Waals surface area contributed by atoms with Gasteiger partial charge in [-0.3, -0.25) is 9.98 Å². The van der Waals surface area contributed by atoms with E-state index in [2.05, 4.69) is 53.5 Å². The molecular weight excluding hydrogens is 389 g/mol. The molecule has 0 aromatic carbocycles. The second kappa shape index (κ2) is 10.8. The number of halogens is 1. The number of guanidine groups is 1. The summed E-state index contributed by atoms with van der Waals surface area (Å²) in [5.41, 5.74) is 1.29. The Kier molecular flexibility index (Phi) is 10.3. The summed E-state index contributed by atoms with van der Waals surface area (Å²) >= 11 is 0. The van der Waals surface area contributed by atoms with Gasteiger partial charge in [0.1, 0.15) is 0 Å². The van der Waals surface area contributed by atoms with E-state index in [-0.39, 0.29) is 29.4 Å². The van der Waals surface area contributed by atoms with Gasteiger partial charge >= 0.3 is 0 Å². The van der Waals surface area contributed by atoms with Crippen molar-refractivity contribution in [3.8, 4) is 0 Å². The van der Waals surface area contributed by atoms with Crippen molar-refractivity contribution in [1.82, 2.24) is 20.5 Å². The minimum absolute atomic E-state index is 0. The Morgan fingerprint density at radius 1 is 1.27 bits per heavy atom. The van der Waals surface area contributed by atoms with Crippen LogP contribution >= 0.6 is 24.0 Å². The average molecular weight is 419 g/mol. The van der Waals surface area contributed by atoms with Crippen LogP contribution in [0.3, 0.4) is 0 Å². The third-order valence-corrected chi connectivity index (χ3v) is 3.10. The van der Waals surface area contributed by atoms with Gasteiger partial charge in [-0.1, -0.05) is 19.9 Å². The summed E-state index contributed by atoms with van der Waals surface area (Å²) in [5, 5.41) is 6.72. The number of aliphatic imine (C=N–C) groups is 1. The van der Waals surface area contributed by atoms with Crippen LogP contribution in [0, 0.1) is 5.41 Å². The molecule has 126 valence electrons. The Balaban J connectivity index is 0.00000441. The number of hydrogen-bond acceptors (Lipinski definition) is 3. The highest BCUT2D eigenvalue weighted by Gasteiger charge is 2.19. The normalized spacial score (nSPS) is 12.0.